The minimum Gasteiger partial charge on any atom is -0.379 e. The lowest BCUT2D eigenvalue weighted by Gasteiger charge is -2.56. The molecule has 4 bridgehead atoms. The van der Waals surface area contributed by atoms with Crippen molar-refractivity contribution in [2.75, 3.05) is 44.7 Å². The van der Waals surface area contributed by atoms with Crippen molar-refractivity contribution in [1.82, 2.24) is 15.1 Å². The van der Waals surface area contributed by atoms with Crippen LogP contribution in [0.2, 0.25) is 0 Å². The van der Waals surface area contributed by atoms with E-state index < -0.39 is 0 Å². The fraction of sp³-hybridized carbons (Fsp3) is 0.704. The van der Waals surface area contributed by atoms with Gasteiger partial charge in [-0.3, -0.25) is 9.69 Å². The van der Waals surface area contributed by atoms with Gasteiger partial charge in [-0.25, -0.2) is 4.79 Å². The van der Waals surface area contributed by atoms with Crippen molar-refractivity contribution in [1.29, 1.82) is 0 Å². The molecule has 4 saturated carbocycles. The molecule has 0 unspecified atom stereocenters. The molecule has 6 aliphatic rings. The Bertz CT molecular complexity index is 885. The Morgan fingerprint density at radius 1 is 0.912 bits per heavy atom. The highest BCUT2D eigenvalue weighted by Gasteiger charge is 2.51. The quantitative estimate of drug-likeness (QED) is 0.710. The second-order valence-corrected chi connectivity index (χ2v) is 11.5. The number of carbonyl (C=O) groups is 2. The van der Waals surface area contributed by atoms with E-state index in [0.717, 1.165) is 89.3 Å². The van der Waals surface area contributed by atoms with Crippen LogP contribution >= 0.6 is 0 Å². The van der Waals surface area contributed by atoms with Crippen LogP contribution < -0.4 is 10.6 Å². The van der Waals surface area contributed by atoms with Gasteiger partial charge < -0.3 is 20.3 Å². The van der Waals surface area contributed by atoms with E-state index in [2.05, 4.69) is 15.5 Å². The van der Waals surface area contributed by atoms with Crippen LogP contribution in [0.25, 0.3) is 0 Å². The van der Waals surface area contributed by atoms with E-state index in [0.29, 0.717) is 17.3 Å². The fourth-order valence-electron chi connectivity index (χ4n) is 7.96. The first-order valence-corrected chi connectivity index (χ1v) is 13.4. The molecule has 7 heteroatoms. The summed E-state index contributed by atoms with van der Waals surface area (Å²) in [5.74, 6) is 2.44. The maximum atomic E-state index is 13.2. The third kappa shape index (κ3) is 4.57. The van der Waals surface area contributed by atoms with Gasteiger partial charge in [0.25, 0.3) is 5.91 Å². The van der Waals surface area contributed by atoms with Crippen molar-refractivity contribution in [3.63, 3.8) is 0 Å². The van der Waals surface area contributed by atoms with Gasteiger partial charge in [-0.2, -0.15) is 0 Å². The highest BCUT2D eigenvalue weighted by atomic mass is 16.5. The molecule has 0 atom stereocenters. The first-order chi connectivity index (χ1) is 16.6. The van der Waals surface area contributed by atoms with Gasteiger partial charge in [0, 0.05) is 49.0 Å². The first kappa shape index (κ1) is 22.4. The monoisotopic (exact) mass is 466 g/mol. The van der Waals surface area contributed by atoms with Crippen molar-refractivity contribution in [3.8, 4) is 0 Å². The van der Waals surface area contributed by atoms with Crippen LogP contribution in [0.4, 0.5) is 10.5 Å². The number of nitrogens with zero attached hydrogens (tertiary/aromatic N) is 2. The minimum atomic E-state index is -0.127. The summed E-state index contributed by atoms with van der Waals surface area (Å²) in [6.07, 6.45) is 9.49. The van der Waals surface area contributed by atoms with Crippen LogP contribution in [0, 0.1) is 17.8 Å². The summed E-state index contributed by atoms with van der Waals surface area (Å²) >= 11 is 0. The Morgan fingerprint density at radius 2 is 1.56 bits per heavy atom. The lowest BCUT2D eigenvalue weighted by atomic mass is 9.53. The van der Waals surface area contributed by atoms with E-state index in [4.69, 9.17) is 4.74 Å². The lowest BCUT2D eigenvalue weighted by molar-refractivity contribution is -0.0127. The van der Waals surface area contributed by atoms with E-state index in [1.165, 1.54) is 19.3 Å². The minimum absolute atomic E-state index is 0.0168. The summed E-state index contributed by atoms with van der Waals surface area (Å²) < 4.78 is 5.47. The van der Waals surface area contributed by atoms with Gasteiger partial charge >= 0.3 is 6.03 Å². The summed E-state index contributed by atoms with van der Waals surface area (Å²) in [7, 11) is 0. The zero-order chi connectivity index (χ0) is 23.1. The number of benzene rings is 1. The largest absolute Gasteiger partial charge is 0.379 e. The van der Waals surface area contributed by atoms with Crippen LogP contribution in [0.3, 0.4) is 0 Å². The normalized spacial score (nSPS) is 33.6. The van der Waals surface area contributed by atoms with E-state index >= 15 is 0 Å². The van der Waals surface area contributed by atoms with Gasteiger partial charge in [0.15, 0.2) is 0 Å². The molecule has 3 amide bonds. The van der Waals surface area contributed by atoms with E-state index in [9.17, 15) is 9.59 Å². The van der Waals surface area contributed by atoms with Crippen molar-refractivity contribution < 1.29 is 14.3 Å². The van der Waals surface area contributed by atoms with Gasteiger partial charge in [0.2, 0.25) is 0 Å². The van der Waals surface area contributed by atoms with Crippen LogP contribution in [-0.2, 0) is 4.74 Å². The predicted octanol–water partition coefficient (Wildman–Crippen LogP) is 3.71. The Balaban J connectivity index is 1.04. The molecule has 34 heavy (non-hydrogen) atoms. The third-order valence-electron chi connectivity index (χ3n) is 9.10. The number of likely N-dealkylation sites (tertiary alicyclic amines) is 1. The van der Waals surface area contributed by atoms with Crippen LogP contribution in [0.5, 0.6) is 0 Å². The Labute approximate surface area is 202 Å². The standard InChI is InChI=1S/C27H38N4O3/c32-25(31-6-4-24(5-7-31)30-8-10-34-11-9-30)22-2-1-3-23(15-22)28-26(33)29-27-16-19-12-20(17-27)14-21(13-19)18-27/h1-3,15,19-21,24H,4-14,16-18H2,(H2,28,29,33). The molecule has 0 radical (unpaired) electrons. The number of anilines is 1. The average Bonchev–Trinajstić information content (AvgIpc) is 2.83. The molecule has 2 N–H and O–H groups in total. The molecule has 184 valence electrons. The molecule has 7 nitrogen and oxygen atoms in total. The molecule has 1 aromatic rings. The summed E-state index contributed by atoms with van der Waals surface area (Å²) in [5, 5.41) is 6.39. The molecular formula is C27H38N4O3. The highest BCUT2D eigenvalue weighted by Crippen LogP contribution is 2.55. The number of urea groups is 1. The van der Waals surface area contributed by atoms with Gasteiger partial charge in [0.1, 0.15) is 0 Å². The molecule has 6 fully saturated rings. The number of hydrogen-bond acceptors (Lipinski definition) is 4. The molecule has 0 spiro atoms. The summed E-state index contributed by atoms with van der Waals surface area (Å²) in [4.78, 5) is 30.6. The summed E-state index contributed by atoms with van der Waals surface area (Å²) in [5.41, 5.74) is 1.32. The highest BCUT2D eigenvalue weighted by molar-refractivity contribution is 5.97. The maximum absolute atomic E-state index is 13.2. The smallest absolute Gasteiger partial charge is 0.319 e. The van der Waals surface area contributed by atoms with E-state index in [1.54, 1.807) is 0 Å². The fourth-order valence-corrected chi connectivity index (χ4v) is 7.96. The predicted molar refractivity (Wildman–Crippen MR) is 131 cm³/mol. The summed E-state index contributed by atoms with van der Waals surface area (Å²) in [6, 6.07) is 7.86. The molecule has 0 aromatic heterocycles. The van der Waals surface area contributed by atoms with Crippen molar-refractivity contribution in [2.45, 2.75) is 62.9 Å². The molecular weight excluding hydrogens is 428 g/mol. The Hall–Kier alpha value is -2.12. The number of amides is 3. The van der Waals surface area contributed by atoms with Crippen molar-refractivity contribution >= 4 is 17.6 Å². The van der Waals surface area contributed by atoms with Crippen LogP contribution in [-0.4, -0.2) is 72.7 Å². The zero-order valence-electron chi connectivity index (χ0n) is 20.1. The number of morpholine rings is 1. The Kier molecular flexibility index (Phi) is 6.02. The molecule has 2 saturated heterocycles. The first-order valence-electron chi connectivity index (χ1n) is 13.4. The number of hydrogen-bond donors (Lipinski definition) is 2. The van der Waals surface area contributed by atoms with Gasteiger partial charge in [0.05, 0.1) is 13.2 Å². The number of nitrogens with one attached hydrogen (secondary N) is 2. The number of rotatable bonds is 4. The Morgan fingerprint density at radius 3 is 2.21 bits per heavy atom. The second kappa shape index (κ2) is 9.15. The van der Waals surface area contributed by atoms with Gasteiger partial charge in [-0.05, 0) is 87.3 Å². The molecule has 2 heterocycles. The maximum Gasteiger partial charge on any atom is 0.319 e. The zero-order valence-corrected chi connectivity index (χ0v) is 20.1. The van der Waals surface area contributed by atoms with Gasteiger partial charge in [-0.15, -0.1) is 0 Å². The summed E-state index contributed by atoms with van der Waals surface area (Å²) in [6.45, 7) is 5.19. The van der Waals surface area contributed by atoms with E-state index in [-0.39, 0.29) is 17.5 Å². The van der Waals surface area contributed by atoms with Crippen molar-refractivity contribution in [3.05, 3.63) is 29.8 Å². The number of ether oxygens (including phenoxy) is 1. The molecule has 4 aliphatic carbocycles. The SMILES string of the molecule is O=C(Nc1cccc(C(=O)N2CCC(N3CCOCC3)CC2)c1)NC12CC3CC(CC(C3)C1)C2. The number of carbonyl (C=O) groups excluding carboxylic acids is 2. The third-order valence-corrected chi connectivity index (χ3v) is 9.10. The van der Waals surface area contributed by atoms with Crippen molar-refractivity contribution in [2.24, 2.45) is 17.8 Å². The van der Waals surface area contributed by atoms with Crippen LogP contribution in [0.1, 0.15) is 61.7 Å². The number of piperidine rings is 1. The lowest BCUT2D eigenvalue weighted by Crippen LogP contribution is -2.60. The average molecular weight is 467 g/mol. The molecule has 7 rings (SSSR count). The second-order valence-electron chi connectivity index (χ2n) is 11.5. The molecule has 2 aliphatic heterocycles. The van der Waals surface area contributed by atoms with Gasteiger partial charge in [-0.1, -0.05) is 6.07 Å². The topological polar surface area (TPSA) is 73.9 Å². The molecule has 1 aromatic carbocycles. The van der Waals surface area contributed by atoms with Crippen LogP contribution in [0.15, 0.2) is 24.3 Å². The van der Waals surface area contributed by atoms with E-state index in [1.807, 2.05) is 29.2 Å².